The van der Waals surface area contributed by atoms with Gasteiger partial charge in [-0.15, -0.1) is 0 Å². The fraction of sp³-hybridized carbons (Fsp3) is 0.632. The van der Waals surface area contributed by atoms with Crippen LogP contribution in [0.5, 0.6) is 0 Å². The van der Waals surface area contributed by atoms with Gasteiger partial charge in [0.25, 0.3) is 0 Å². The highest BCUT2D eigenvalue weighted by molar-refractivity contribution is 7.89. The van der Waals surface area contributed by atoms with Crippen molar-refractivity contribution in [2.75, 3.05) is 18.8 Å². The summed E-state index contributed by atoms with van der Waals surface area (Å²) in [5.41, 5.74) is 0.620. The Bertz CT molecular complexity index is 722. The van der Waals surface area contributed by atoms with Crippen molar-refractivity contribution in [3.63, 3.8) is 0 Å². The standard InChI is InChI=1S/C19H28N2O4S/c1-2-12-20-26(23,24)15-19-10-6-9-17(19)21(13-11-19)18(22)25-14-16-7-4-3-5-8-16/h3-5,7-8,17,20H,2,6,9-15H2,1H3. The second-order valence-corrected chi connectivity index (χ2v) is 9.21. The maximum atomic E-state index is 12.6. The SMILES string of the molecule is CCCNS(=O)(=O)CC12CCCC1N(C(=O)OCc1ccccc1)CC2. The average Bonchev–Trinajstić information content (AvgIpc) is 3.16. The monoisotopic (exact) mass is 380 g/mol. The molecule has 1 aromatic rings. The molecule has 144 valence electrons. The molecule has 0 aromatic heterocycles. The number of sulfonamides is 1. The number of amides is 1. The van der Waals surface area contributed by atoms with E-state index in [0.717, 1.165) is 37.7 Å². The predicted molar refractivity (Wildman–Crippen MR) is 100 cm³/mol. The van der Waals surface area contributed by atoms with Crippen LogP contribution in [0.25, 0.3) is 0 Å². The number of nitrogens with one attached hydrogen (secondary N) is 1. The van der Waals surface area contributed by atoms with Gasteiger partial charge in [0, 0.05) is 24.5 Å². The van der Waals surface area contributed by atoms with E-state index in [0.29, 0.717) is 13.1 Å². The fourth-order valence-electron chi connectivity index (χ4n) is 4.35. The molecule has 2 unspecified atom stereocenters. The van der Waals surface area contributed by atoms with Gasteiger partial charge in [0.05, 0.1) is 5.75 Å². The molecule has 1 amide bonds. The molecule has 1 aliphatic carbocycles. The van der Waals surface area contributed by atoms with Crippen LogP contribution in [0.15, 0.2) is 30.3 Å². The van der Waals surface area contributed by atoms with Crippen LogP contribution >= 0.6 is 0 Å². The number of carbonyl (C=O) groups excluding carboxylic acids is 1. The van der Waals surface area contributed by atoms with E-state index in [-0.39, 0.29) is 29.9 Å². The van der Waals surface area contributed by atoms with Crippen LogP contribution in [0.2, 0.25) is 0 Å². The quantitative estimate of drug-likeness (QED) is 0.789. The van der Waals surface area contributed by atoms with Crippen molar-refractivity contribution in [1.29, 1.82) is 0 Å². The van der Waals surface area contributed by atoms with Gasteiger partial charge in [-0.2, -0.15) is 0 Å². The summed E-state index contributed by atoms with van der Waals surface area (Å²) in [6, 6.07) is 9.55. The maximum absolute atomic E-state index is 12.6. The van der Waals surface area contributed by atoms with Gasteiger partial charge in [-0.25, -0.2) is 17.9 Å². The lowest BCUT2D eigenvalue weighted by atomic mass is 9.84. The summed E-state index contributed by atoms with van der Waals surface area (Å²) in [6.45, 7) is 3.22. The molecule has 1 N–H and O–H groups in total. The molecule has 0 bridgehead atoms. The average molecular weight is 381 g/mol. The Labute approximate surface area is 156 Å². The minimum atomic E-state index is -3.32. The van der Waals surface area contributed by atoms with Gasteiger partial charge in [0.1, 0.15) is 6.61 Å². The van der Waals surface area contributed by atoms with E-state index in [1.165, 1.54) is 0 Å². The zero-order valence-electron chi connectivity index (χ0n) is 15.3. The van der Waals surface area contributed by atoms with Gasteiger partial charge >= 0.3 is 6.09 Å². The zero-order valence-corrected chi connectivity index (χ0v) is 16.1. The lowest BCUT2D eigenvalue weighted by Gasteiger charge is -2.31. The van der Waals surface area contributed by atoms with E-state index in [9.17, 15) is 13.2 Å². The van der Waals surface area contributed by atoms with Crippen molar-refractivity contribution in [1.82, 2.24) is 9.62 Å². The van der Waals surface area contributed by atoms with Crippen LogP contribution in [0.3, 0.4) is 0 Å². The Morgan fingerprint density at radius 1 is 1.31 bits per heavy atom. The molecular weight excluding hydrogens is 352 g/mol. The molecule has 1 saturated heterocycles. The molecule has 0 spiro atoms. The number of rotatable bonds is 7. The topological polar surface area (TPSA) is 75.7 Å². The van der Waals surface area contributed by atoms with E-state index < -0.39 is 10.0 Å². The molecule has 0 radical (unpaired) electrons. The van der Waals surface area contributed by atoms with Crippen LogP contribution < -0.4 is 4.72 Å². The molecule has 7 heteroatoms. The van der Waals surface area contributed by atoms with Crippen LogP contribution in [0.1, 0.15) is 44.6 Å². The summed E-state index contributed by atoms with van der Waals surface area (Å²) in [6.07, 6.45) is 3.83. The van der Waals surface area contributed by atoms with Crippen molar-refractivity contribution in [2.24, 2.45) is 5.41 Å². The molecular formula is C19H28N2O4S. The van der Waals surface area contributed by atoms with Crippen molar-refractivity contribution >= 4 is 16.1 Å². The van der Waals surface area contributed by atoms with Crippen molar-refractivity contribution in [2.45, 2.75) is 51.7 Å². The second-order valence-electron chi connectivity index (χ2n) is 7.41. The van der Waals surface area contributed by atoms with E-state index >= 15 is 0 Å². The molecule has 2 atom stereocenters. The van der Waals surface area contributed by atoms with E-state index in [1.807, 2.05) is 37.3 Å². The molecule has 26 heavy (non-hydrogen) atoms. The van der Waals surface area contributed by atoms with Gasteiger partial charge in [0.2, 0.25) is 10.0 Å². The number of benzene rings is 1. The number of ether oxygens (including phenoxy) is 1. The molecule has 1 heterocycles. The summed E-state index contributed by atoms with van der Waals surface area (Å²) >= 11 is 0. The third-order valence-corrected chi connectivity index (χ3v) is 7.17. The van der Waals surface area contributed by atoms with Crippen LogP contribution in [-0.4, -0.2) is 44.3 Å². The Morgan fingerprint density at radius 2 is 2.08 bits per heavy atom. The van der Waals surface area contributed by atoms with Crippen LogP contribution in [0.4, 0.5) is 4.79 Å². The minimum absolute atomic E-state index is 0.0380. The summed E-state index contributed by atoms with van der Waals surface area (Å²) in [5.74, 6) is 0.104. The first kappa shape index (κ1) is 19.2. The summed E-state index contributed by atoms with van der Waals surface area (Å²) in [5, 5.41) is 0. The highest BCUT2D eigenvalue weighted by Gasteiger charge is 2.54. The summed E-state index contributed by atoms with van der Waals surface area (Å²) < 4.78 is 33.0. The van der Waals surface area contributed by atoms with Gasteiger partial charge in [-0.1, -0.05) is 43.7 Å². The van der Waals surface area contributed by atoms with Gasteiger partial charge in [-0.3, -0.25) is 0 Å². The Kier molecular flexibility index (Phi) is 5.87. The lowest BCUT2D eigenvalue weighted by molar-refractivity contribution is 0.0853. The molecule has 6 nitrogen and oxygen atoms in total. The molecule has 2 aliphatic rings. The molecule has 1 aromatic carbocycles. The van der Waals surface area contributed by atoms with E-state index in [1.54, 1.807) is 4.90 Å². The first-order chi connectivity index (χ1) is 12.5. The smallest absolute Gasteiger partial charge is 0.410 e. The van der Waals surface area contributed by atoms with Crippen LogP contribution in [0, 0.1) is 5.41 Å². The predicted octanol–water partition coefficient (Wildman–Crippen LogP) is 2.90. The highest BCUT2D eigenvalue weighted by atomic mass is 32.2. The molecule has 1 saturated carbocycles. The molecule has 3 rings (SSSR count). The lowest BCUT2D eigenvalue weighted by Crippen LogP contribution is -2.44. The molecule has 2 fully saturated rings. The molecule has 1 aliphatic heterocycles. The Hall–Kier alpha value is -1.60. The zero-order chi connectivity index (χ0) is 18.6. The number of hydrogen-bond donors (Lipinski definition) is 1. The number of likely N-dealkylation sites (tertiary alicyclic amines) is 1. The Balaban J connectivity index is 1.63. The largest absolute Gasteiger partial charge is 0.445 e. The minimum Gasteiger partial charge on any atom is -0.445 e. The summed E-state index contributed by atoms with van der Waals surface area (Å²) in [7, 11) is -3.32. The van der Waals surface area contributed by atoms with Gasteiger partial charge in [0.15, 0.2) is 0 Å². The van der Waals surface area contributed by atoms with Gasteiger partial charge in [-0.05, 0) is 31.2 Å². The number of nitrogens with zero attached hydrogens (tertiary/aromatic N) is 1. The number of fused-ring (bicyclic) bond motifs is 1. The van der Waals surface area contributed by atoms with Crippen molar-refractivity contribution in [3.8, 4) is 0 Å². The highest BCUT2D eigenvalue weighted by Crippen LogP contribution is 2.49. The van der Waals surface area contributed by atoms with Crippen LogP contribution in [-0.2, 0) is 21.4 Å². The first-order valence-corrected chi connectivity index (χ1v) is 11.1. The maximum Gasteiger partial charge on any atom is 0.410 e. The third-order valence-electron chi connectivity index (χ3n) is 5.58. The number of hydrogen-bond acceptors (Lipinski definition) is 4. The van der Waals surface area contributed by atoms with Crippen molar-refractivity contribution in [3.05, 3.63) is 35.9 Å². The third kappa shape index (κ3) is 4.20. The normalized spacial score (nSPS) is 25.3. The van der Waals surface area contributed by atoms with Crippen molar-refractivity contribution < 1.29 is 17.9 Å². The second kappa shape index (κ2) is 7.96. The first-order valence-electron chi connectivity index (χ1n) is 9.40. The van der Waals surface area contributed by atoms with E-state index in [2.05, 4.69) is 4.72 Å². The summed E-state index contributed by atoms with van der Waals surface area (Å²) in [4.78, 5) is 14.3. The van der Waals surface area contributed by atoms with E-state index in [4.69, 9.17) is 4.74 Å². The number of carbonyl (C=O) groups is 1. The van der Waals surface area contributed by atoms with Gasteiger partial charge < -0.3 is 9.64 Å². The fourth-order valence-corrected chi connectivity index (χ4v) is 6.20. The Morgan fingerprint density at radius 3 is 2.81 bits per heavy atom.